The minimum absolute atomic E-state index is 0.0575. The predicted octanol–water partition coefficient (Wildman–Crippen LogP) is 3.92. The van der Waals surface area contributed by atoms with Crippen LogP contribution in [0.25, 0.3) is 0 Å². The molecule has 0 aliphatic heterocycles. The fourth-order valence-corrected chi connectivity index (χ4v) is 2.45. The smallest absolute Gasteiger partial charge is 0.302 e. The molecule has 0 heterocycles. The van der Waals surface area contributed by atoms with Crippen LogP contribution in [0, 0.1) is 0 Å². The molecular weight excluding hydrogens is 305 g/mol. The Morgan fingerprint density at radius 3 is 1.93 bits per heavy atom. The molecule has 7 heteroatoms. The number of alkyl halides is 1. The molecule has 0 spiro atoms. The van der Waals surface area contributed by atoms with E-state index in [1.54, 1.807) is 0 Å². The van der Waals surface area contributed by atoms with Crippen molar-refractivity contribution in [3.05, 3.63) is 20.1 Å². The van der Waals surface area contributed by atoms with Crippen LogP contribution in [-0.2, 0) is 9.53 Å². The van der Waals surface area contributed by atoms with Crippen LogP contribution in [0.1, 0.15) is 6.92 Å². The highest BCUT2D eigenvalue weighted by Gasteiger charge is 2.45. The molecule has 1 aliphatic rings. The van der Waals surface area contributed by atoms with E-state index >= 15 is 0 Å². The summed E-state index contributed by atoms with van der Waals surface area (Å²) in [5, 5.41) is 0.264. The van der Waals surface area contributed by atoms with E-state index in [1.165, 1.54) is 6.92 Å². The Labute approximate surface area is 112 Å². The zero-order valence-corrected chi connectivity index (χ0v) is 11.2. The van der Waals surface area contributed by atoms with Gasteiger partial charge in [-0.1, -0.05) is 46.4 Å². The van der Waals surface area contributed by atoms with Gasteiger partial charge in [0.15, 0.2) is 4.87 Å². The first-order valence-corrected chi connectivity index (χ1v) is 5.64. The number of halogens is 5. The Balaban J connectivity index is 2.99. The Bertz CT molecular complexity index is 347. The molecule has 0 N–H and O–H groups in total. The van der Waals surface area contributed by atoms with Crippen molar-refractivity contribution in [1.29, 1.82) is 0 Å². The van der Waals surface area contributed by atoms with Crippen LogP contribution in [0.2, 0.25) is 0 Å². The minimum atomic E-state index is -1.36. The Morgan fingerprint density at radius 1 is 1.20 bits per heavy atom. The van der Waals surface area contributed by atoms with E-state index in [4.69, 9.17) is 62.7 Å². The molecule has 0 saturated heterocycles. The van der Waals surface area contributed by atoms with Crippen LogP contribution < -0.4 is 0 Å². The SMILES string of the molecule is CC(=O)OCC1(Cl)C(Cl)=C(Cl)C(Cl)=C1Cl. The average Bonchev–Trinajstić information content (AvgIpc) is 2.32. The van der Waals surface area contributed by atoms with E-state index in [2.05, 4.69) is 0 Å². The zero-order valence-electron chi connectivity index (χ0n) is 7.41. The second kappa shape index (κ2) is 4.72. The highest BCUT2D eigenvalue weighted by molar-refractivity contribution is 6.58. The lowest BCUT2D eigenvalue weighted by Crippen LogP contribution is -2.28. The highest BCUT2D eigenvalue weighted by atomic mass is 35.5. The van der Waals surface area contributed by atoms with Gasteiger partial charge in [0.2, 0.25) is 0 Å². The maximum atomic E-state index is 10.7. The predicted molar refractivity (Wildman–Crippen MR) is 62.7 cm³/mol. The third kappa shape index (κ3) is 2.40. The number of esters is 1. The molecular formula is C8H5Cl5O2. The van der Waals surface area contributed by atoms with Gasteiger partial charge in [-0.05, 0) is 0 Å². The topological polar surface area (TPSA) is 26.3 Å². The molecule has 1 aliphatic carbocycles. The van der Waals surface area contributed by atoms with E-state index in [1.807, 2.05) is 0 Å². The van der Waals surface area contributed by atoms with Gasteiger partial charge in [-0.25, -0.2) is 0 Å². The molecule has 1 rings (SSSR count). The van der Waals surface area contributed by atoms with E-state index in [-0.39, 0.29) is 26.7 Å². The number of hydrogen-bond acceptors (Lipinski definition) is 2. The van der Waals surface area contributed by atoms with Crippen molar-refractivity contribution in [2.75, 3.05) is 6.61 Å². The molecule has 0 saturated carbocycles. The molecule has 0 aromatic heterocycles. The summed E-state index contributed by atoms with van der Waals surface area (Å²) in [4.78, 5) is 9.30. The van der Waals surface area contributed by atoms with Gasteiger partial charge < -0.3 is 4.74 Å². The summed E-state index contributed by atoms with van der Waals surface area (Å²) in [7, 11) is 0. The fraction of sp³-hybridized carbons (Fsp3) is 0.375. The first kappa shape index (κ1) is 13.5. The lowest BCUT2D eigenvalue weighted by atomic mass is 10.2. The van der Waals surface area contributed by atoms with Gasteiger partial charge in [-0.15, -0.1) is 11.6 Å². The number of carbonyl (C=O) groups excluding carboxylic acids is 1. The Hall–Kier alpha value is 0.400. The summed E-state index contributed by atoms with van der Waals surface area (Å²) >= 11 is 29.3. The quantitative estimate of drug-likeness (QED) is 0.571. The van der Waals surface area contributed by atoms with E-state index in [0.29, 0.717) is 0 Å². The van der Waals surface area contributed by atoms with Crippen LogP contribution in [0.3, 0.4) is 0 Å². The third-order valence-corrected chi connectivity index (χ3v) is 4.50. The molecule has 0 unspecified atom stereocenters. The van der Waals surface area contributed by atoms with Crippen molar-refractivity contribution < 1.29 is 9.53 Å². The van der Waals surface area contributed by atoms with Crippen LogP contribution >= 0.6 is 58.0 Å². The monoisotopic (exact) mass is 308 g/mol. The van der Waals surface area contributed by atoms with Crippen LogP contribution in [0.4, 0.5) is 0 Å². The summed E-state index contributed by atoms with van der Waals surface area (Å²) in [6.07, 6.45) is 0. The summed E-state index contributed by atoms with van der Waals surface area (Å²) in [6.45, 7) is 1.03. The van der Waals surface area contributed by atoms with E-state index < -0.39 is 10.8 Å². The van der Waals surface area contributed by atoms with Gasteiger partial charge in [-0.2, -0.15) is 0 Å². The van der Waals surface area contributed by atoms with Crippen molar-refractivity contribution in [1.82, 2.24) is 0 Å². The summed E-state index contributed by atoms with van der Waals surface area (Å²) in [5.41, 5.74) is 0. The molecule has 2 nitrogen and oxygen atoms in total. The number of carbonyl (C=O) groups is 1. The molecule has 0 atom stereocenters. The molecule has 0 fully saturated rings. The van der Waals surface area contributed by atoms with E-state index in [9.17, 15) is 4.79 Å². The van der Waals surface area contributed by atoms with Crippen molar-refractivity contribution in [3.63, 3.8) is 0 Å². The van der Waals surface area contributed by atoms with Crippen molar-refractivity contribution in [2.45, 2.75) is 11.8 Å². The minimum Gasteiger partial charge on any atom is -0.463 e. The maximum Gasteiger partial charge on any atom is 0.302 e. The molecule has 0 radical (unpaired) electrons. The molecule has 0 amide bonds. The van der Waals surface area contributed by atoms with Crippen molar-refractivity contribution in [3.8, 4) is 0 Å². The number of allylic oxidation sites excluding steroid dienone is 2. The van der Waals surface area contributed by atoms with Gasteiger partial charge >= 0.3 is 5.97 Å². The van der Waals surface area contributed by atoms with Crippen LogP contribution in [-0.4, -0.2) is 17.5 Å². The molecule has 15 heavy (non-hydrogen) atoms. The first-order chi connectivity index (χ1) is 6.80. The van der Waals surface area contributed by atoms with Crippen molar-refractivity contribution in [2.24, 2.45) is 0 Å². The summed E-state index contributed by atoms with van der Waals surface area (Å²) < 4.78 is 4.74. The lowest BCUT2D eigenvalue weighted by Gasteiger charge is -2.21. The third-order valence-electron chi connectivity index (χ3n) is 1.75. The molecule has 0 aromatic rings. The lowest BCUT2D eigenvalue weighted by molar-refractivity contribution is -0.141. The standard InChI is InChI=1S/C8H5Cl5O2/c1-3(14)15-2-8(13)6(11)4(9)5(10)7(8)12/h2H2,1H3. The Morgan fingerprint density at radius 2 is 1.60 bits per heavy atom. The maximum absolute atomic E-state index is 10.7. The number of hydrogen-bond donors (Lipinski definition) is 0. The van der Waals surface area contributed by atoms with Gasteiger partial charge in [0.1, 0.15) is 6.61 Å². The van der Waals surface area contributed by atoms with E-state index in [0.717, 1.165) is 0 Å². The Kier molecular flexibility index (Phi) is 4.24. The van der Waals surface area contributed by atoms with Gasteiger partial charge in [0.25, 0.3) is 0 Å². The second-order valence-corrected chi connectivity index (χ2v) is 4.99. The van der Waals surface area contributed by atoms with Crippen LogP contribution in [0.15, 0.2) is 20.1 Å². The second-order valence-electron chi connectivity index (χ2n) is 2.84. The first-order valence-electron chi connectivity index (χ1n) is 3.75. The average molecular weight is 310 g/mol. The molecule has 0 aromatic carbocycles. The largest absolute Gasteiger partial charge is 0.463 e. The zero-order chi connectivity index (χ0) is 11.8. The van der Waals surface area contributed by atoms with Gasteiger partial charge in [0.05, 0.1) is 20.1 Å². The molecule has 84 valence electrons. The number of ether oxygens (including phenoxy) is 1. The van der Waals surface area contributed by atoms with Crippen molar-refractivity contribution >= 4 is 64.0 Å². The van der Waals surface area contributed by atoms with Gasteiger partial charge in [0, 0.05) is 6.92 Å². The highest BCUT2D eigenvalue weighted by Crippen LogP contribution is 2.51. The normalized spacial score (nSPS) is 19.9. The van der Waals surface area contributed by atoms with Crippen LogP contribution in [0.5, 0.6) is 0 Å². The number of rotatable bonds is 2. The molecule has 0 bridgehead atoms. The van der Waals surface area contributed by atoms with Gasteiger partial charge in [-0.3, -0.25) is 4.79 Å². The summed E-state index contributed by atoms with van der Waals surface area (Å²) in [5.74, 6) is -0.497. The fourth-order valence-electron chi connectivity index (χ4n) is 0.965. The summed E-state index contributed by atoms with van der Waals surface area (Å²) in [6, 6.07) is 0.